The average Bonchev–Trinajstić information content (AvgIpc) is 2.89. The molecule has 0 saturated carbocycles. The SMILES string of the molecule is O=[N+]([O-])c1cccc(Nc2nc(Cl)nc(N(c3ccccc3)c3ccc4cc(S(=O)(=O)O)cc(O)c4c3)n2)c1. The Morgan fingerprint density at radius 1 is 0.897 bits per heavy atom. The van der Waals surface area contributed by atoms with Crippen molar-refractivity contribution in [1.82, 2.24) is 15.0 Å². The van der Waals surface area contributed by atoms with Gasteiger partial charge in [-0.25, -0.2) is 0 Å². The number of fused-ring (bicyclic) bond motifs is 1. The Balaban J connectivity index is 1.62. The van der Waals surface area contributed by atoms with Crippen molar-refractivity contribution < 1.29 is 23.0 Å². The first-order chi connectivity index (χ1) is 18.6. The number of phenols is 1. The lowest BCUT2D eigenvalue weighted by Gasteiger charge is -2.24. The third-order valence-electron chi connectivity index (χ3n) is 5.57. The zero-order valence-electron chi connectivity index (χ0n) is 19.6. The Hall–Kier alpha value is -4.85. The van der Waals surface area contributed by atoms with Crippen LogP contribution in [-0.2, 0) is 10.1 Å². The summed E-state index contributed by atoms with van der Waals surface area (Å²) >= 11 is 6.24. The van der Waals surface area contributed by atoms with Gasteiger partial charge in [-0.15, -0.1) is 0 Å². The highest BCUT2D eigenvalue weighted by Gasteiger charge is 2.20. The van der Waals surface area contributed by atoms with Crippen molar-refractivity contribution in [2.24, 2.45) is 0 Å². The lowest BCUT2D eigenvalue weighted by atomic mass is 10.1. The van der Waals surface area contributed by atoms with Crippen LogP contribution in [0.5, 0.6) is 5.75 Å². The molecule has 0 fully saturated rings. The minimum atomic E-state index is -4.53. The van der Waals surface area contributed by atoms with Crippen LogP contribution in [0, 0.1) is 10.1 Å². The van der Waals surface area contributed by atoms with E-state index >= 15 is 0 Å². The number of benzene rings is 4. The second kappa shape index (κ2) is 10.1. The highest BCUT2D eigenvalue weighted by atomic mass is 35.5. The van der Waals surface area contributed by atoms with E-state index in [0.29, 0.717) is 27.8 Å². The number of hydrogen-bond acceptors (Lipinski definition) is 10. The number of anilines is 5. The van der Waals surface area contributed by atoms with E-state index in [2.05, 4.69) is 20.3 Å². The van der Waals surface area contributed by atoms with Crippen LogP contribution in [0.2, 0.25) is 5.28 Å². The maximum Gasteiger partial charge on any atom is 0.294 e. The smallest absolute Gasteiger partial charge is 0.294 e. The van der Waals surface area contributed by atoms with Gasteiger partial charge in [0.2, 0.25) is 17.2 Å². The van der Waals surface area contributed by atoms with Gasteiger partial charge in [-0.1, -0.05) is 30.3 Å². The molecule has 0 radical (unpaired) electrons. The largest absolute Gasteiger partial charge is 0.507 e. The van der Waals surface area contributed by atoms with Crippen LogP contribution in [0.4, 0.5) is 34.6 Å². The molecular formula is C25H17ClN6O6S. The summed E-state index contributed by atoms with van der Waals surface area (Å²) in [6.45, 7) is 0. The fraction of sp³-hybridized carbons (Fsp3) is 0. The topological polar surface area (TPSA) is 172 Å². The highest BCUT2D eigenvalue weighted by Crippen LogP contribution is 2.38. The molecule has 0 amide bonds. The predicted molar refractivity (Wildman–Crippen MR) is 145 cm³/mol. The molecule has 5 aromatic rings. The van der Waals surface area contributed by atoms with Crippen molar-refractivity contribution in [1.29, 1.82) is 0 Å². The third kappa shape index (κ3) is 5.55. The van der Waals surface area contributed by atoms with Gasteiger partial charge in [0.05, 0.1) is 9.82 Å². The van der Waals surface area contributed by atoms with Crippen LogP contribution in [0.25, 0.3) is 10.8 Å². The van der Waals surface area contributed by atoms with E-state index in [0.717, 1.165) is 6.07 Å². The van der Waals surface area contributed by atoms with Gasteiger partial charge in [0.1, 0.15) is 5.75 Å². The standard InChI is InChI=1S/C25H17ClN6O6S/c26-23-28-24(27-16-5-4-8-19(12-16)32(34)35)30-25(29-23)31(17-6-2-1-3-7-17)18-10-9-15-11-20(39(36,37)38)14-22(33)21(15)13-18/h1-14,33H,(H,36,37,38)(H,27,28,29,30). The summed E-state index contributed by atoms with van der Waals surface area (Å²) in [5.41, 5.74) is 1.33. The summed E-state index contributed by atoms with van der Waals surface area (Å²) < 4.78 is 32.6. The number of nitrogens with one attached hydrogen (secondary N) is 1. The van der Waals surface area contributed by atoms with Gasteiger partial charge < -0.3 is 10.4 Å². The molecule has 39 heavy (non-hydrogen) atoms. The average molecular weight is 565 g/mol. The van der Waals surface area contributed by atoms with Gasteiger partial charge in [-0.3, -0.25) is 19.6 Å². The summed E-state index contributed by atoms with van der Waals surface area (Å²) in [6.07, 6.45) is 0. The van der Waals surface area contributed by atoms with Crippen LogP contribution >= 0.6 is 11.6 Å². The van der Waals surface area contributed by atoms with Gasteiger partial charge in [-0.2, -0.15) is 23.4 Å². The number of rotatable bonds is 7. The number of nitro benzene ring substituents is 1. The minimum Gasteiger partial charge on any atom is -0.507 e. The number of hydrogen-bond donors (Lipinski definition) is 3. The van der Waals surface area contributed by atoms with Crippen LogP contribution in [-0.4, -0.2) is 38.0 Å². The molecule has 3 N–H and O–H groups in total. The third-order valence-corrected chi connectivity index (χ3v) is 6.57. The first-order valence-corrected chi connectivity index (χ1v) is 12.9. The predicted octanol–water partition coefficient (Wildman–Crippen LogP) is 5.75. The molecule has 0 aliphatic heterocycles. The van der Waals surface area contributed by atoms with Crippen molar-refractivity contribution in [3.8, 4) is 5.75 Å². The van der Waals surface area contributed by atoms with Crippen LogP contribution < -0.4 is 10.2 Å². The second-order valence-corrected chi connectivity index (χ2v) is 9.91. The van der Waals surface area contributed by atoms with E-state index in [1.54, 1.807) is 53.4 Å². The first-order valence-electron chi connectivity index (χ1n) is 11.1. The van der Waals surface area contributed by atoms with E-state index in [1.165, 1.54) is 24.3 Å². The summed E-state index contributed by atoms with van der Waals surface area (Å²) in [5, 5.41) is 25.1. The molecule has 12 nitrogen and oxygen atoms in total. The second-order valence-electron chi connectivity index (χ2n) is 8.15. The monoisotopic (exact) mass is 564 g/mol. The molecule has 1 heterocycles. The van der Waals surface area contributed by atoms with Crippen molar-refractivity contribution in [3.05, 3.63) is 100 Å². The van der Waals surface area contributed by atoms with Gasteiger partial charge in [0.25, 0.3) is 15.8 Å². The molecule has 14 heteroatoms. The van der Waals surface area contributed by atoms with E-state index < -0.39 is 19.9 Å². The highest BCUT2D eigenvalue weighted by molar-refractivity contribution is 7.85. The molecule has 0 aliphatic rings. The molecule has 0 saturated heterocycles. The summed E-state index contributed by atoms with van der Waals surface area (Å²) in [6, 6.07) is 21.8. The van der Waals surface area contributed by atoms with Crippen molar-refractivity contribution in [2.75, 3.05) is 10.2 Å². The molecule has 0 bridgehead atoms. The van der Waals surface area contributed by atoms with Gasteiger partial charge in [0, 0.05) is 40.6 Å². The molecule has 1 aromatic heterocycles. The lowest BCUT2D eigenvalue weighted by Crippen LogP contribution is -2.15. The number of nitrogens with zero attached hydrogens (tertiary/aromatic N) is 5. The first kappa shape index (κ1) is 25.8. The Morgan fingerprint density at radius 2 is 1.67 bits per heavy atom. The van der Waals surface area contributed by atoms with E-state index in [-0.39, 0.29) is 28.6 Å². The number of halogens is 1. The van der Waals surface area contributed by atoms with Gasteiger partial charge >= 0.3 is 0 Å². The van der Waals surface area contributed by atoms with Crippen molar-refractivity contribution >= 4 is 67.1 Å². The molecule has 196 valence electrons. The van der Waals surface area contributed by atoms with Crippen molar-refractivity contribution in [2.45, 2.75) is 4.90 Å². The minimum absolute atomic E-state index is 0.0212. The quantitative estimate of drug-likeness (QED) is 0.125. The number of non-ortho nitro benzene ring substituents is 1. The van der Waals surface area contributed by atoms with Gasteiger partial charge in [-0.05, 0) is 53.4 Å². The zero-order valence-corrected chi connectivity index (χ0v) is 21.2. The molecule has 0 atom stereocenters. The van der Waals surface area contributed by atoms with Crippen LogP contribution in [0.1, 0.15) is 0 Å². The molecule has 0 aliphatic carbocycles. The molecule has 4 aromatic carbocycles. The Kier molecular flexibility index (Phi) is 6.70. The fourth-order valence-electron chi connectivity index (χ4n) is 3.87. The molecule has 5 rings (SSSR count). The van der Waals surface area contributed by atoms with E-state index in [9.17, 15) is 28.2 Å². The number of aromatic hydroxyl groups is 1. The van der Waals surface area contributed by atoms with Gasteiger partial charge in [0.15, 0.2) is 0 Å². The maximum atomic E-state index is 11.6. The van der Waals surface area contributed by atoms with Crippen LogP contribution in [0.15, 0.2) is 89.8 Å². The summed E-state index contributed by atoms with van der Waals surface area (Å²) in [4.78, 5) is 24.6. The summed E-state index contributed by atoms with van der Waals surface area (Å²) in [7, 11) is -4.53. The number of para-hydroxylation sites is 1. The lowest BCUT2D eigenvalue weighted by molar-refractivity contribution is -0.384. The number of aromatic nitrogens is 3. The van der Waals surface area contributed by atoms with E-state index in [1.807, 2.05) is 6.07 Å². The maximum absolute atomic E-state index is 11.6. The molecule has 0 spiro atoms. The van der Waals surface area contributed by atoms with Crippen molar-refractivity contribution in [3.63, 3.8) is 0 Å². The number of nitro groups is 1. The van der Waals surface area contributed by atoms with E-state index in [4.69, 9.17) is 11.6 Å². The molecular weight excluding hydrogens is 548 g/mol. The Morgan fingerprint density at radius 3 is 2.38 bits per heavy atom. The number of phenolic OH excluding ortho intramolecular Hbond substituents is 1. The Bertz CT molecular complexity index is 1840. The van der Waals surface area contributed by atoms with Crippen LogP contribution in [0.3, 0.4) is 0 Å². The normalized spacial score (nSPS) is 11.3. The molecule has 0 unspecified atom stereocenters. The summed E-state index contributed by atoms with van der Waals surface area (Å²) in [5.74, 6) is -0.257. The fourth-order valence-corrected chi connectivity index (χ4v) is 4.56. The Labute approximate surface area is 226 Å². The zero-order chi connectivity index (χ0) is 27.7.